The zero-order chi connectivity index (χ0) is 11.1. The summed E-state index contributed by atoms with van der Waals surface area (Å²) >= 11 is 0. The summed E-state index contributed by atoms with van der Waals surface area (Å²) in [6.45, 7) is 3.84. The fourth-order valence-electron chi connectivity index (χ4n) is 1.44. The lowest BCUT2D eigenvalue weighted by atomic mass is 10.1. The molecule has 3 N–H and O–H groups in total. The van der Waals surface area contributed by atoms with Crippen LogP contribution in [0.25, 0.3) is 0 Å². The zero-order valence-electron chi connectivity index (χ0n) is 9.12. The van der Waals surface area contributed by atoms with Gasteiger partial charge in [-0.15, -0.1) is 0 Å². The molecule has 1 aromatic carbocycles. The summed E-state index contributed by atoms with van der Waals surface area (Å²) in [5, 5.41) is 3.29. The molecule has 0 heterocycles. The number of amides is 1. The quantitative estimate of drug-likeness (QED) is 0.696. The van der Waals surface area contributed by atoms with Crippen LogP contribution in [0, 0.1) is 0 Å². The third-order valence-corrected chi connectivity index (χ3v) is 2.31. The minimum Gasteiger partial charge on any atom is -0.366 e. The number of nitrogens with one attached hydrogen (secondary N) is 1. The maximum absolute atomic E-state index is 11.1. The van der Waals surface area contributed by atoms with Gasteiger partial charge in [-0.3, -0.25) is 4.79 Å². The number of nitrogens with two attached hydrogens (primary N) is 1. The Bertz CT molecular complexity index is 323. The van der Waals surface area contributed by atoms with E-state index in [1.807, 2.05) is 18.2 Å². The number of carbonyl (C=O) groups excluding carboxylic acids is 1. The number of rotatable bonds is 6. The highest BCUT2D eigenvalue weighted by molar-refractivity contribution is 5.94. The lowest BCUT2D eigenvalue weighted by Crippen LogP contribution is -2.19. The predicted octanol–water partition coefficient (Wildman–Crippen LogP) is 1.68. The Morgan fingerprint density at radius 2 is 2.13 bits per heavy atom. The van der Waals surface area contributed by atoms with Crippen molar-refractivity contribution in [3.8, 4) is 0 Å². The van der Waals surface area contributed by atoms with Crippen molar-refractivity contribution in [2.45, 2.75) is 26.3 Å². The van der Waals surface area contributed by atoms with Gasteiger partial charge in [-0.1, -0.05) is 31.5 Å². The average molecular weight is 206 g/mol. The minimum absolute atomic E-state index is 0.358. The average Bonchev–Trinajstić information content (AvgIpc) is 2.25. The van der Waals surface area contributed by atoms with Gasteiger partial charge in [0.05, 0.1) is 0 Å². The van der Waals surface area contributed by atoms with Crippen LogP contribution >= 0.6 is 0 Å². The monoisotopic (exact) mass is 206 g/mol. The van der Waals surface area contributed by atoms with E-state index in [1.54, 1.807) is 6.07 Å². The van der Waals surface area contributed by atoms with Crippen LogP contribution in [-0.4, -0.2) is 12.5 Å². The zero-order valence-corrected chi connectivity index (χ0v) is 9.12. The summed E-state index contributed by atoms with van der Waals surface area (Å²) in [7, 11) is 0. The third-order valence-electron chi connectivity index (χ3n) is 2.31. The Morgan fingerprint density at radius 3 is 2.80 bits per heavy atom. The molecule has 0 spiro atoms. The highest BCUT2D eigenvalue weighted by atomic mass is 16.1. The second kappa shape index (κ2) is 6.19. The topological polar surface area (TPSA) is 55.1 Å². The highest BCUT2D eigenvalue weighted by Crippen LogP contribution is 2.07. The summed E-state index contributed by atoms with van der Waals surface area (Å²) in [5.74, 6) is -0.358. The maximum Gasteiger partial charge on any atom is 0.249 e. The SMILES string of the molecule is CCCCNCc1ccccc1C(N)=O. The predicted molar refractivity (Wildman–Crippen MR) is 61.6 cm³/mol. The largest absolute Gasteiger partial charge is 0.366 e. The number of unbranched alkanes of at least 4 members (excludes halogenated alkanes) is 1. The summed E-state index contributed by atoms with van der Waals surface area (Å²) in [6.07, 6.45) is 2.32. The molecule has 1 rings (SSSR count). The van der Waals surface area contributed by atoms with E-state index in [-0.39, 0.29) is 5.91 Å². The molecule has 82 valence electrons. The van der Waals surface area contributed by atoms with Crippen LogP contribution in [0.3, 0.4) is 0 Å². The molecule has 0 atom stereocenters. The van der Waals surface area contributed by atoms with Gasteiger partial charge < -0.3 is 11.1 Å². The highest BCUT2D eigenvalue weighted by Gasteiger charge is 2.05. The molecule has 3 nitrogen and oxygen atoms in total. The van der Waals surface area contributed by atoms with Crippen LogP contribution in [0.4, 0.5) is 0 Å². The molecule has 15 heavy (non-hydrogen) atoms. The molecule has 0 aliphatic carbocycles. The van der Waals surface area contributed by atoms with Crippen molar-refractivity contribution >= 4 is 5.91 Å². The van der Waals surface area contributed by atoms with E-state index in [4.69, 9.17) is 5.73 Å². The van der Waals surface area contributed by atoms with Crippen LogP contribution in [0.1, 0.15) is 35.7 Å². The van der Waals surface area contributed by atoms with Gasteiger partial charge in [0.25, 0.3) is 0 Å². The molecule has 0 saturated carbocycles. The molecule has 0 saturated heterocycles. The van der Waals surface area contributed by atoms with E-state index in [2.05, 4.69) is 12.2 Å². The summed E-state index contributed by atoms with van der Waals surface area (Å²) < 4.78 is 0. The normalized spacial score (nSPS) is 10.2. The summed E-state index contributed by atoms with van der Waals surface area (Å²) in [6, 6.07) is 7.44. The van der Waals surface area contributed by atoms with E-state index in [0.29, 0.717) is 12.1 Å². The third kappa shape index (κ3) is 3.72. The number of benzene rings is 1. The first-order chi connectivity index (χ1) is 7.25. The number of carbonyl (C=O) groups is 1. The van der Waals surface area contributed by atoms with Crippen LogP contribution in [-0.2, 0) is 6.54 Å². The molecule has 1 amide bonds. The summed E-state index contributed by atoms with van der Waals surface area (Å²) in [5.41, 5.74) is 6.86. The Balaban J connectivity index is 2.56. The van der Waals surface area contributed by atoms with E-state index < -0.39 is 0 Å². The van der Waals surface area contributed by atoms with Crippen molar-refractivity contribution in [1.29, 1.82) is 0 Å². The fourth-order valence-corrected chi connectivity index (χ4v) is 1.44. The smallest absolute Gasteiger partial charge is 0.249 e. The second-order valence-electron chi connectivity index (χ2n) is 3.55. The van der Waals surface area contributed by atoms with Crippen molar-refractivity contribution in [3.05, 3.63) is 35.4 Å². The second-order valence-corrected chi connectivity index (χ2v) is 3.55. The number of hydrogen-bond donors (Lipinski definition) is 2. The van der Waals surface area contributed by atoms with Gasteiger partial charge in [0.2, 0.25) is 5.91 Å². The van der Waals surface area contributed by atoms with Crippen molar-refractivity contribution in [3.63, 3.8) is 0 Å². The number of hydrogen-bond acceptors (Lipinski definition) is 2. The Kier molecular flexibility index (Phi) is 4.84. The first kappa shape index (κ1) is 11.7. The fraction of sp³-hybridized carbons (Fsp3) is 0.417. The Morgan fingerprint density at radius 1 is 1.40 bits per heavy atom. The molecule has 0 aliphatic rings. The van der Waals surface area contributed by atoms with Crippen molar-refractivity contribution < 1.29 is 4.79 Å². The lowest BCUT2D eigenvalue weighted by Gasteiger charge is -2.07. The van der Waals surface area contributed by atoms with E-state index in [0.717, 1.165) is 18.5 Å². The molecular formula is C12H18N2O. The Hall–Kier alpha value is -1.35. The van der Waals surface area contributed by atoms with Gasteiger partial charge in [0, 0.05) is 12.1 Å². The van der Waals surface area contributed by atoms with E-state index in [9.17, 15) is 4.79 Å². The molecule has 0 aliphatic heterocycles. The van der Waals surface area contributed by atoms with Gasteiger partial charge in [-0.05, 0) is 24.6 Å². The van der Waals surface area contributed by atoms with Crippen LogP contribution in [0.15, 0.2) is 24.3 Å². The molecule has 0 unspecified atom stereocenters. The molecule has 0 bridgehead atoms. The molecular weight excluding hydrogens is 188 g/mol. The van der Waals surface area contributed by atoms with E-state index >= 15 is 0 Å². The molecule has 0 aromatic heterocycles. The van der Waals surface area contributed by atoms with Gasteiger partial charge >= 0.3 is 0 Å². The Labute approximate surface area is 90.7 Å². The first-order valence-electron chi connectivity index (χ1n) is 5.34. The van der Waals surface area contributed by atoms with E-state index in [1.165, 1.54) is 6.42 Å². The van der Waals surface area contributed by atoms with Gasteiger partial charge in [-0.2, -0.15) is 0 Å². The maximum atomic E-state index is 11.1. The molecule has 0 fully saturated rings. The van der Waals surface area contributed by atoms with Gasteiger partial charge in [0.15, 0.2) is 0 Å². The minimum atomic E-state index is -0.358. The molecule has 3 heteroatoms. The van der Waals surface area contributed by atoms with Crippen molar-refractivity contribution in [2.75, 3.05) is 6.54 Å². The lowest BCUT2D eigenvalue weighted by molar-refractivity contribution is 0.0999. The van der Waals surface area contributed by atoms with Crippen LogP contribution in [0.5, 0.6) is 0 Å². The summed E-state index contributed by atoms with van der Waals surface area (Å²) in [4.78, 5) is 11.1. The molecule has 0 radical (unpaired) electrons. The molecule has 1 aromatic rings. The van der Waals surface area contributed by atoms with Crippen LogP contribution in [0.2, 0.25) is 0 Å². The van der Waals surface area contributed by atoms with Crippen molar-refractivity contribution in [2.24, 2.45) is 5.73 Å². The standard InChI is InChI=1S/C12H18N2O/c1-2-3-8-14-9-10-6-4-5-7-11(10)12(13)15/h4-7,14H,2-3,8-9H2,1H3,(H2,13,15). The van der Waals surface area contributed by atoms with Gasteiger partial charge in [0.1, 0.15) is 0 Å². The van der Waals surface area contributed by atoms with Crippen LogP contribution < -0.4 is 11.1 Å². The van der Waals surface area contributed by atoms with Crippen molar-refractivity contribution in [1.82, 2.24) is 5.32 Å². The first-order valence-corrected chi connectivity index (χ1v) is 5.34. The van der Waals surface area contributed by atoms with Gasteiger partial charge in [-0.25, -0.2) is 0 Å². The number of primary amides is 1.